The lowest BCUT2D eigenvalue weighted by Gasteiger charge is -2.27. The Bertz CT molecular complexity index is 1120. The van der Waals surface area contributed by atoms with Crippen LogP contribution < -0.4 is 16.0 Å². The number of amides is 1. The van der Waals surface area contributed by atoms with E-state index in [2.05, 4.69) is 16.0 Å². The minimum Gasteiger partial charge on any atom is -0.462 e. The number of hydrogen-bond donors (Lipinski definition) is 3. The molecule has 0 radical (unpaired) electrons. The van der Waals surface area contributed by atoms with Gasteiger partial charge in [-0.3, -0.25) is 4.79 Å². The molecule has 3 rings (SSSR count). The number of furan rings is 1. The largest absolute Gasteiger partial charge is 0.462 e. The summed E-state index contributed by atoms with van der Waals surface area (Å²) in [5, 5.41) is 10.5. The fourth-order valence-electron chi connectivity index (χ4n) is 2.77. The van der Waals surface area contributed by atoms with Crippen LogP contribution in [-0.2, 0) is 4.74 Å². The van der Waals surface area contributed by atoms with Gasteiger partial charge in [-0.2, -0.15) is 0 Å². The lowest BCUT2D eigenvalue weighted by Crippen LogP contribution is -2.56. The van der Waals surface area contributed by atoms with E-state index >= 15 is 0 Å². The number of halogens is 3. The van der Waals surface area contributed by atoms with E-state index in [4.69, 9.17) is 56.2 Å². The summed E-state index contributed by atoms with van der Waals surface area (Å²) in [5.41, 5.74) is 1.85. The van der Waals surface area contributed by atoms with Crippen molar-refractivity contribution in [3.8, 4) is 11.1 Å². The summed E-state index contributed by atoms with van der Waals surface area (Å²) in [6.45, 7) is 1.93. The molecule has 7 nitrogen and oxygen atoms in total. The summed E-state index contributed by atoms with van der Waals surface area (Å²) >= 11 is 24.7. The van der Waals surface area contributed by atoms with Gasteiger partial charge in [0.2, 0.25) is 3.79 Å². The predicted octanol–water partition coefficient (Wildman–Crippen LogP) is 5.60. The Morgan fingerprint density at radius 3 is 2.48 bits per heavy atom. The maximum atomic E-state index is 12.7. The Hall–Kier alpha value is -2.30. The van der Waals surface area contributed by atoms with Gasteiger partial charge in [0.25, 0.3) is 5.91 Å². The van der Waals surface area contributed by atoms with Crippen LogP contribution >= 0.6 is 58.4 Å². The zero-order valence-corrected chi connectivity index (χ0v) is 21.0. The van der Waals surface area contributed by atoms with Crippen molar-refractivity contribution in [3.63, 3.8) is 0 Å². The summed E-state index contributed by atoms with van der Waals surface area (Å²) in [6, 6.07) is 12.4. The van der Waals surface area contributed by atoms with Crippen LogP contribution in [0.4, 0.5) is 5.00 Å². The van der Waals surface area contributed by atoms with E-state index < -0.39 is 21.8 Å². The monoisotopic (exact) mass is 545 g/mol. The standard InChI is InChI=1S/C21H18Cl3N3O4S2/c1-2-30-18(29)15-13(12-7-4-3-5-8-12)11-33-17(15)26-20(32)27-19(21(22,23)24)25-16(28)14-9-6-10-31-14/h3-11,19H,2H2,1H3,(H,25,28)(H2,26,27,32)/t19-/m1/s1. The smallest absolute Gasteiger partial charge is 0.341 e. The number of thiophene rings is 1. The number of anilines is 1. The average Bonchev–Trinajstić information content (AvgIpc) is 3.44. The van der Waals surface area contributed by atoms with E-state index in [1.165, 1.54) is 23.7 Å². The van der Waals surface area contributed by atoms with E-state index in [-0.39, 0.29) is 17.5 Å². The van der Waals surface area contributed by atoms with Crippen LogP contribution in [0.5, 0.6) is 0 Å². The molecule has 0 fully saturated rings. The number of carbonyl (C=O) groups is 2. The quantitative estimate of drug-likeness (QED) is 0.154. The van der Waals surface area contributed by atoms with Crippen molar-refractivity contribution < 1.29 is 18.7 Å². The number of thiocarbonyl (C=S) groups is 1. The van der Waals surface area contributed by atoms with Crippen LogP contribution in [0.3, 0.4) is 0 Å². The number of nitrogens with one attached hydrogen (secondary N) is 3. The maximum Gasteiger partial charge on any atom is 0.341 e. The van der Waals surface area contributed by atoms with Crippen molar-refractivity contribution in [1.82, 2.24) is 10.6 Å². The van der Waals surface area contributed by atoms with Crippen LogP contribution in [0, 0.1) is 0 Å². The van der Waals surface area contributed by atoms with Crippen LogP contribution in [0.25, 0.3) is 11.1 Å². The molecule has 2 aromatic heterocycles. The number of benzene rings is 1. The zero-order valence-electron chi connectivity index (χ0n) is 17.1. The van der Waals surface area contributed by atoms with Crippen molar-refractivity contribution in [1.29, 1.82) is 0 Å². The maximum absolute atomic E-state index is 12.7. The van der Waals surface area contributed by atoms with Gasteiger partial charge in [0.05, 0.1) is 12.9 Å². The Balaban J connectivity index is 1.81. The number of esters is 1. The number of rotatable bonds is 7. The van der Waals surface area contributed by atoms with Gasteiger partial charge >= 0.3 is 5.97 Å². The molecular formula is C21H18Cl3N3O4S2. The second-order valence-electron chi connectivity index (χ2n) is 6.46. The molecule has 1 atom stereocenters. The summed E-state index contributed by atoms with van der Waals surface area (Å²) < 4.78 is 8.33. The minimum absolute atomic E-state index is 0.0121. The Kier molecular flexibility index (Phi) is 8.61. The fourth-order valence-corrected chi connectivity index (χ4v) is 4.34. The van der Waals surface area contributed by atoms with E-state index in [1.54, 1.807) is 13.0 Å². The highest BCUT2D eigenvalue weighted by Crippen LogP contribution is 2.36. The van der Waals surface area contributed by atoms with Gasteiger partial charge in [-0.25, -0.2) is 4.79 Å². The molecule has 1 amide bonds. The normalized spacial score (nSPS) is 12.0. The van der Waals surface area contributed by atoms with Crippen molar-refractivity contribution in [3.05, 3.63) is 65.4 Å². The molecule has 0 aliphatic heterocycles. The SMILES string of the molecule is CCOC(=O)c1c(-c2ccccc2)csc1NC(=S)N[C@@H](NC(=O)c1ccco1)C(Cl)(Cl)Cl. The van der Waals surface area contributed by atoms with Crippen LogP contribution in [0.1, 0.15) is 27.8 Å². The van der Waals surface area contributed by atoms with E-state index in [1.807, 2.05) is 35.7 Å². The summed E-state index contributed by atoms with van der Waals surface area (Å²) in [5.74, 6) is -1.08. The molecular weight excluding hydrogens is 529 g/mol. The molecule has 1 aromatic carbocycles. The first-order chi connectivity index (χ1) is 15.7. The Morgan fingerprint density at radius 2 is 1.88 bits per heavy atom. The topological polar surface area (TPSA) is 92.6 Å². The molecule has 0 bridgehead atoms. The van der Waals surface area contributed by atoms with Crippen LogP contribution in [0.2, 0.25) is 0 Å². The molecule has 3 aromatic rings. The Morgan fingerprint density at radius 1 is 1.15 bits per heavy atom. The van der Waals surface area contributed by atoms with Crippen molar-refractivity contribution >= 4 is 80.3 Å². The molecule has 33 heavy (non-hydrogen) atoms. The van der Waals surface area contributed by atoms with E-state index in [0.717, 1.165) is 5.56 Å². The summed E-state index contributed by atoms with van der Waals surface area (Å²) in [6.07, 6.45) is 0.136. The van der Waals surface area contributed by atoms with Crippen LogP contribution in [-0.4, -0.2) is 33.6 Å². The molecule has 3 N–H and O–H groups in total. The van der Waals surface area contributed by atoms with Gasteiger partial charge in [-0.15, -0.1) is 11.3 Å². The second-order valence-corrected chi connectivity index (χ2v) is 10.1. The second kappa shape index (κ2) is 11.2. The Labute approximate surface area is 214 Å². The first-order valence-electron chi connectivity index (χ1n) is 9.53. The van der Waals surface area contributed by atoms with Gasteiger partial charge in [-0.05, 0) is 36.8 Å². The number of hydrogen-bond acceptors (Lipinski definition) is 6. The molecule has 2 heterocycles. The third-order valence-corrected chi connectivity index (χ3v) is 5.98. The third-order valence-electron chi connectivity index (χ3n) is 4.21. The lowest BCUT2D eigenvalue weighted by atomic mass is 10.0. The predicted molar refractivity (Wildman–Crippen MR) is 135 cm³/mol. The molecule has 0 unspecified atom stereocenters. The van der Waals surface area contributed by atoms with E-state index in [0.29, 0.717) is 16.1 Å². The zero-order chi connectivity index (χ0) is 24.0. The molecule has 0 saturated carbocycles. The third kappa shape index (κ3) is 6.61. The highest BCUT2D eigenvalue weighted by atomic mass is 35.6. The number of ether oxygens (including phenoxy) is 1. The summed E-state index contributed by atoms with van der Waals surface area (Å²) in [4.78, 5) is 25.0. The van der Waals surface area contributed by atoms with Gasteiger partial charge < -0.3 is 25.1 Å². The van der Waals surface area contributed by atoms with Gasteiger partial charge in [-0.1, -0.05) is 65.1 Å². The molecule has 12 heteroatoms. The van der Waals surface area contributed by atoms with E-state index in [9.17, 15) is 9.59 Å². The van der Waals surface area contributed by atoms with Crippen LogP contribution in [0.15, 0.2) is 58.5 Å². The molecule has 0 saturated heterocycles. The van der Waals surface area contributed by atoms with Gasteiger partial charge in [0.1, 0.15) is 16.7 Å². The first-order valence-corrected chi connectivity index (χ1v) is 12.0. The fraction of sp³-hybridized carbons (Fsp3) is 0.190. The molecule has 0 aliphatic carbocycles. The molecule has 0 aliphatic rings. The summed E-state index contributed by atoms with van der Waals surface area (Å²) in [7, 11) is 0. The molecule has 0 spiro atoms. The highest BCUT2D eigenvalue weighted by molar-refractivity contribution is 7.80. The first kappa shape index (κ1) is 25.3. The van der Waals surface area contributed by atoms with Crippen molar-refractivity contribution in [2.24, 2.45) is 0 Å². The number of carbonyl (C=O) groups excluding carboxylic acids is 2. The average molecular weight is 547 g/mol. The number of alkyl halides is 3. The van der Waals surface area contributed by atoms with Gasteiger partial charge in [0.15, 0.2) is 10.9 Å². The molecule has 174 valence electrons. The highest BCUT2D eigenvalue weighted by Gasteiger charge is 2.35. The minimum atomic E-state index is -1.96. The van der Waals surface area contributed by atoms with Crippen molar-refractivity contribution in [2.75, 3.05) is 11.9 Å². The lowest BCUT2D eigenvalue weighted by molar-refractivity contribution is 0.0529. The van der Waals surface area contributed by atoms with Crippen molar-refractivity contribution in [2.45, 2.75) is 16.9 Å². The van der Waals surface area contributed by atoms with Gasteiger partial charge in [0, 0.05) is 10.9 Å².